The SMILES string of the molecule is CCc1cnc(C(C)NC(=O)N[C@H](C(=O)O)[C@@H](C)O)s1. The lowest BCUT2D eigenvalue weighted by Gasteiger charge is -2.19. The lowest BCUT2D eigenvalue weighted by molar-refractivity contribution is -0.141. The molecular weight excluding hydrogens is 282 g/mol. The average Bonchev–Trinajstić information content (AvgIpc) is 2.83. The third-order valence-corrected chi connectivity index (χ3v) is 4.00. The Morgan fingerprint density at radius 2 is 2.05 bits per heavy atom. The molecule has 0 aliphatic carbocycles. The quantitative estimate of drug-likeness (QED) is 0.624. The molecular formula is C12H19N3O4S. The predicted octanol–water partition coefficient (Wildman–Crippen LogP) is 0.900. The second-order valence-corrected chi connectivity index (χ2v) is 5.56. The second kappa shape index (κ2) is 7.20. The summed E-state index contributed by atoms with van der Waals surface area (Å²) in [6.45, 7) is 5.08. The normalized spacial score (nSPS) is 15.2. The molecule has 0 radical (unpaired) electrons. The van der Waals surface area contributed by atoms with Gasteiger partial charge < -0.3 is 20.8 Å². The third-order valence-electron chi connectivity index (χ3n) is 2.67. The Labute approximate surface area is 121 Å². The molecule has 0 saturated carbocycles. The van der Waals surface area contributed by atoms with Gasteiger partial charge >= 0.3 is 12.0 Å². The van der Waals surface area contributed by atoms with E-state index >= 15 is 0 Å². The zero-order chi connectivity index (χ0) is 15.3. The van der Waals surface area contributed by atoms with Crippen molar-refractivity contribution in [3.8, 4) is 0 Å². The van der Waals surface area contributed by atoms with Crippen LogP contribution in [-0.2, 0) is 11.2 Å². The van der Waals surface area contributed by atoms with Crippen molar-refractivity contribution in [2.75, 3.05) is 0 Å². The first-order chi connectivity index (χ1) is 9.35. The standard InChI is InChI=1S/C12H19N3O4S/c1-4-8-5-13-10(20-8)6(2)14-12(19)15-9(7(3)16)11(17)18/h5-7,9,16H,4H2,1-3H3,(H,17,18)(H2,14,15,19)/t6?,7-,9+/m1/s1. The van der Waals surface area contributed by atoms with Gasteiger partial charge in [0, 0.05) is 11.1 Å². The van der Waals surface area contributed by atoms with Crippen molar-refractivity contribution in [2.45, 2.75) is 45.4 Å². The monoisotopic (exact) mass is 301 g/mol. The van der Waals surface area contributed by atoms with Crippen LogP contribution in [-0.4, -0.2) is 39.3 Å². The first-order valence-electron chi connectivity index (χ1n) is 6.27. The molecule has 0 fully saturated rings. The average molecular weight is 301 g/mol. The zero-order valence-corrected chi connectivity index (χ0v) is 12.4. The van der Waals surface area contributed by atoms with Crippen molar-refractivity contribution in [2.24, 2.45) is 0 Å². The number of carbonyl (C=O) groups is 2. The van der Waals surface area contributed by atoms with Gasteiger partial charge in [0.15, 0.2) is 6.04 Å². The fraction of sp³-hybridized carbons (Fsp3) is 0.583. The van der Waals surface area contributed by atoms with Crippen LogP contribution in [0.1, 0.15) is 36.7 Å². The van der Waals surface area contributed by atoms with Crippen molar-refractivity contribution in [1.82, 2.24) is 15.6 Å². The molecule has 0 bridgehead atoms. The smallest absolute Gasteiger partial charge is 0.328 e. The van der Waals surface area contributed by atoms with Gasteiger partial charge in [0.1, 0.15) is 5.01 Å². The highest BCUT2D eigenvalue weighted by atomic mass is 32.1. The number of aryl methyl sites for hydroxylation is 1. The number of aliphatic hydroxyl groups is 1. The second-order valence-electron chi connectivity index (χ2n) is 4.41. The molecule has 1 aromatic heterocycles. The van der Waals surface area contributed by atoms with Crippen LogP contribution in [0.2, 0.25) is 0 Å². The molecule has 112 valence electrons. The van der Waals surface area contributed by atoms with Gasteiger partial charge in [-0.2, -0.15) is 0 Å². The van der Waals surface area contributed by atoms with Crippen molar-refractivity contribution < 1.29 is 19.8 Å². The molecule has 1 heterocycles. The number of aliphatic hydroxyl groups excluding tert-OH is 1. The molecule has 4 N–H and O–H groups in total. The third kappa shape index (κ3) is 4.46. The van der Waals surface area contributed by atoms with E-state index in [0.717, 1.165) is 16.3 Å². The number of nitrogens with zero attached hydrogens (tertiary/aromatic N) is 1. The van der Waals surface area contributed by atoms with Crippen molar-refractivity contribution in [3.05, 3.63) is 16.1 Å². The van der Waals surface area contributed by atoms with Crippen molar-refractivity contribution in [1.29, 1.82) is 0 Å². The molecule has 0 aromatic carbocycles. The van der Waals surface area contributed by atoms with Crippen LogP contribution >= 0.6 is 11.3 Å². The maximum atomic E-state index is 11.7. The molecule has 0 aliphatic rings. The number of aromatic nitrogens is 1. The summed E-state index contributed by atoms with van der Waals surface area (Å²) in [6, 6.07) is -2.33. The number of thiazole rings is 1. The Morgan fingerprint density at radius 3 is 2.50 bits per heavy atom. The van der Waals surface area contributed by atoms with Crippen LogP contribution < -0.4 is 10.6 Å². The predicted molar refractivity (Wildman–Crippen MR) is 74.7 cm³/mol. The van der Waals surface area contributed by atoms with Crippen LogP contribution in [0.5, 0.6) is 0 Å². The first kappa shape index (κ1) is 16.4. The van der Waals surface area contributed by atoms with E-state index in [4.69, 9.17) is 5.11 Å². The van der Waals surface area contributed by atoms with Gasteiger partial charge in [-0.3, -0.25) is 0 Å². The Hall–Kier alpha value is -1.67. The van der Waals surface area contributed by atoms with Gasteiger partial charge in [-0.1, -0.05) is 6.92 Å². The number of hydrogen-bond donors (Lipinski definition) is 4. The number of amides is 2. The summed E-state index contributed by atoms with van der Waals surface area (Å²) in [5, 5.41) is 23.7. The molecule has 3 atom stereocenters. The zero-order valence-electron chi connectivity index (χ0n) is 11.6. The number of urea groups is 1. The number of carbonyl (C=O) groups excluding carboxylic acids is 1. The van der Waals surface area contributed by atoms with Crippen LogP contribution in [0.3, 0.4) is 0 Å². The number of carboxylic acid groups (broad SMARTS) is 1. The van der Waals surface area contributed by atoms with Crippen molar-refractivity contribution in [3.63, 3.8) is 0 Å². The summed E-state index contributed by atoms with van der Waals surface area (Å²) in [6.07, 6.45) is 1.45. The van der Waals surface area contributed by atoms with Gasteiger partial charge in [-0.25, -0.2) is 14.6 Å². The molecule has 7 nitrogen and oxygen atoms in total. The van der Waals surface area contributed by atoms with E-state index in [2.05, 4.69) is 15.6 Å². The highest BCUT2D eigenvalue weighted by Crippen LogP contribution is 2.19. The number of rotatable bonds is 6. The Morgan fingerprint density at radius 1 is 1.40 bits per heavy atom. The van der Waals surface area contributed by atoms with E-state index in [-0.39, 0.29) is 6.04 Å². The largest absolute Gasteiger partial charge is 0.480 e. The Balaban J connectivity index is 2.59. The minimum Gasteiger partial charge on any atom is -0.480 e. The van der Waals surface area contributed by atoms with E-state index in [9.17, 15) is 14.7 Å². The molecule has 1 aromatic rings. The lowest BCUT2D eigenvalue weighted by Crippen LogP contribution is -2.51. The number of hydrogen-bond acceptors (Lipinski definition) is 5. The Bertz CT molecular complexity index is 475. The van der Waals surface area contributed by atoms with E-state index < -0.39 is 24.1 Å². The van der Waals surface area contributed by atoms with Crippen LogP contribution in [0.15, 0.2) is 6.20 Å². The summed E-state index contributed by atoms with van der Waals surface area (Å²) in [5.41, 5.74) is 0. The summed E-state index contributed by atoms with van der Waals surface area (Å²) in [4.78, 5) is 27.9. The summed E-state index contributed by atoms with van der Waals surface area (Å²) in [5.74, 6) is -1.29. The minimum absolute atomic E-state index is 0.330. The molecule has 0 spiro atoms. The minimum atomic E-state index is -1.34. The highest BCUT2D eigenvalue weighted by Gasteiger charge is 2.25. The highest BCUT2D eigenvalue weighted by molar-refractivity contribution is 7.11. The van der Waals surface area contributed by atoms with Crippen LogP contribution in [0.4, 0.5) is 4.79 Å². The summed E-state index contributed by atoms with van der Waals surface area (Å²) in [7, 11) is 0. The van der Waals surface area contributed by atoms with Gasteiger partial charge in [0.05, 0.1) is 12.1 Å². The van der Waals surface area contributed by atoms with E-state index in [1.807, 2.05) is 6.92 Å². The molecule has 20 heavy (non-hydrogen) atoms. The van der Waals surface area contributed by atoms with Crippen molar-refractivity contribution >= 4 is 23.3 Å². The molecule has 0 saturated heterocycles. The molecule has 8 heteroatoms. The molecule has 1 rings (SSSR count). The van der Waals surface area contributed by atoms with E-state index in [1.165, 1.54) is 18.3 Å². The summed E-state index contributed by atoms with van der Waals surface area (Å²) >= 11 is 1.50. The van der Waals surface area contributed by atoms with Crippen LogP contribution in [0, 0.1) is 0 Å². The maximum absolute atomic E-state index is 11.7. The topological polar surface area (TPSA) is 112 Å². The van der Waals surface area contributed by atoms with Gasteiger partial charge in [0.2, 0.25) is 0 Å². The molecule has 0 aliphatic heterocycles. The first-order valence-corrected chi connectivity index (χ1v) is 7.09. The maximum Gasteiger partial charge on any atom is 0.328 e. The van der Waals surface area contributed by atoms with Gasteiger partial charge in [0.25, 0.3) is 0 Å². The molecule has 2 amide bonds. The Kier molecular flexibility index (Phi) is 5.90. The fourth-order valence-electron chi connectivity index (χ4n) is 1.52. The number of nitrogens with one attached hydrogen (secondary N) is 2. The van der Waals surface area contributed by atoms with Crippen LogP contribution in [0.25, 0.3) is 0 Å². The summed E-state index contributed by atoms with van der Waals surface area (Å²) < 4.78 is 0. The number of aliphatic carboxylic acids is 1. The lowest BCUT2D eigenvalue weighted by atomic mass is 10.2. The van der Waals surface area contributed by atoms with E-state index in [0.29, 0.717) is 0 Å². The van der Waals surface area contributed by atoms with E-state index in [1.54, 1.807) is 13.1 Å². The number of carboxylic acids is 1. The van der Waals surface area contributed by atoms with Gasteiger partial charge in [-0.15, -0.1) is 11.3 Å². The van der Waals surface area contributed by atoms with Gasteiger partial charge in [-0.05, 0) is 20.3 Å². The molecule has 1 unspecified atom stereocenters. The fourth-order valence-corrected chi connectivity index (χ4v) is 2.38.